The minimum absolute atomic E-state index is 0.177. The molecule has 1 aromatic rings. The van der Waals surface area contributed by atoms with Gasteiger partial charge in [0.05, 0.1) is 6.61 Å². The van der Waals surface area contributed by atoms with E-state index in [0.717, 1.165) is 18.6 Å². The zero-order valence-corrected chi connectivity index (χ0v) is 15.9. The van der Waals surface area contributed by atoms with Crippen molar-refractivity contribution in [2.45, 2.75) is 70.8 Å². The van der Waals surface area contributed by atoms with Crippen LogP contribution in [0.25, 0.3) is 0 Å². The number of carbonyl (C=O) groups excluding carboxylic acids is 1. The minimum Gasteiger partial charge on any atom is -0.381 e. The van der Waals surface area contributed by atoms with E-state index in [0.29, 0.717) is 19.1 Å². The van der Waals surface area contributed by atoms with Crippen molar-refractivity contribution in [3.8, 4) is 0 Å². The van der Waals surface area contributed by atoms with Gasteiger partial charge in [-0.2, -0.15) is 0 Å². The normalized spacial score (nSPS) is 16.7. The fourth-order valence-electron chi connectivity index (χ4n) is 3.68. The summed E-state index contributed by atoms with van der Waals surface area (Å²) in [7, 11) is 0. The van der Waals surface area contributed by atoms with Gasteiger partial charge >= 0.3 is 0 Å². The monoisotopic (exact) mass is 345 g/mol. The van der Waals surface area contributed by atoms with Crippen molar-refractivity contribution in [1.82, 2.24) is 4.90 Å². The van der Waals surface area contributed by atoms with Crippen LogP contribution in [0.5, 0.6) is 0 Å². The quantitative estimate of drug-likeness (QED) is 0.390. The predicted octanol–water partition coefficient (Wildman–Crippen LogP) is 5.10. The molecule has 0 spiro atoms. The fourth-order valence-corrected chi connectivity index (χ4v) is 3.68. The number of rotatable bonds is 12. The van der Waals surface area contributed by atoms with E-state index in [9.17, 15) is 4.79 Å². The van der Waals surface area contributed by atoms with Crippen molar-refractivity contribution in [2.75, 3.05) is 26.3 Å². The van der Waals surface area contributed by atoms with E-state index in [1.165, 1.54) is 58.0 Å². The maximum Gasteiger partial charge on any atom is 0.165 e. The Morgan fingerprint density at radius 2 is 1.80 bits per heavy atom. The lowest BCUT2D eigenvalue weighted by atomic mass is 10.0. The Morgan fingerprint density at radius 3 is 2.52 bits per heavy atom. The van der Waals surface area contributed by atoms with Crippen LogP contribution in [-0.2, 0) is 4.74 Å². The molecule has 0 radical (unpaired) electrons. The Labute approximate surface area is 153 Å². The smallest absolute Gasteiger partial charge is 0.165 e. The standard InChI is InChI=1S/C22H35NO2/c1-2-3-6-13-21(23-16-9-5-10-17-23)14-18-25-19-15-22(24)20-11-7-4-8-12-20/h4,7-8,11-12,21H,2-3,5-6,9-10,13-19H2,1H3. The van der Waals surface area contributed by atoms with Crippen LogP contribution in [0.15, 0.2) is 30.3 Å². The largest absolute Gasteiger partial charge is 0.381 e. The number of ketones is 1. The van der Waals surface area contributed by atoms with Crippen molar-refractivity contribution < 1.29 is 9.53 Å². The molecule has 0 saturated carbocycles. The van der Waals surface area contributed by atoms with Gasteiger partial charge in [0.2, 0.25) is 0 Å². The van der Waals surface area contributed by atoms with Crippen LogP contribution in [-0.4, -0.2) is 43.0 Å². The third-order valence-electron chi connectivity index (χ3n) is 5.21. The van der Waals surface area contributed by atoms with Gasteiger partial charge in [0.15, 0.2) is 5.78 Å². The second-order valence-corrected chi connectivity index (χ2v) is 7.19. The molecule has 1 fully saturated rings. The summed E-state index contributed by atoms with van der Waals surface area (Å²) < 4.78 is 5.81. The lowest BCUT2D eigenvalue weighted by Crippen LogP contribution is -2.40. The average molecular weight is 346 g/mol. The Hall–Kier alpha value is -1.19. The van der Waals surface area contributed by atoms with Crippen LogP contribution >= 0.6 is 0 Å². The maximum absolute atomic E-state index is 12.1. The van der Waals surface area contributed by atoms with Crippen LogP contribution in [0.3, 0.4) is 0 Å². The number of hydrogen-bond donors (Lipinski definition) is 0. The van der Waals surface area contributed by atoms with Gasteiger partial charge in [-0.15, -0.1) is 0 Å². The molecule has 25 heavy (non-hydrogen) atoms. The van der Waals surface area contributed by atoms with Crippen molar-refractivity contribution in [3.05, 3.63) is 35.9 Å². The summed E-state index contributed by atoms with van der Waals surface area (Å²) >= 11 is 0. The lowest BCUT2D eigenvalue weighted by Gasteiger charge is -2.34. The lowest BCUT2D eigenvalue weighted by molar-refractivity contribution is 0.0744. The van der Waals surface area contributed by atoms with E-state index >= 15 is 0 Å². The molecule has 2 rings (SSSR count). The number of unbranched alkanes of at least 4 members (excludes halogenated alkanes) is 2. The second-order valence-electron chi connectivity index (χ2n) is 7.19. The zero-order chi connectivity index (χ0) is 17.7. The van der Waals surface area contributed by atoms with Crippen LogP contribution in [0, 0.1) is 0 Å². The average Bonchev–Trinajstić information content (AvgIpc) is 2.67. The molecule has 1 aliphatic rings. The first kappa shape index (κ1) is 20.1. The minimum atomic E-state index is 0.177. The van der Waals surface area contributed by atoms with Crippen LogP contribution in [0.4, 0.5) is 0 Å². The Morgan fingerprint density at radius 1 is 1.04 bits per heavy atom. The molecular formula is C22H35NO2. The summed E-state index contributed by atoms with van der Waals surface area (Å²) in [5, 5.41) is 0. The van der Waals surface area contributed by atoms with Crippen LogP contribution in [0.1, 0.15) is 75.1 Å². The highest BCUT2D eigenvalue weighted by atomic mass is 16.5. The van der Waals surface area contributed by atoms with E-state index in [1.54, 1.807) is 0 Å². The van der Waals surface area contributed by atoms with Gasteiger partial charge in [-0.05, 0) is 38.8 Å². The first-order chi connectivity index (χ1) is 12.3. The summed E-state index contributed by atoms with van der Waals surface area (Å²) in [6.07, 6.45) is 10.9. The summed E-state index contributed by atoms with van der Waals surface area (Å²) in [5.74, 6) is 0.177. The summed E-state index contributed by atoms with van der Waals surface area (Å²) in [6.45, 7) is 6.08. The highest BCUT2D eigenvalue weighted by molar-refractivity contribution is 5.96. The molecule has 0 amide bonds. The van der Waals surface area contributed by atoms with Gasteiger partial charge in [-0.1, -0.05) is 62.9 Å². The van der Waals surface area contributed by atoms with Crippen molar-refractivity contribution >= 4 is 5.78 Å². The summed E-state index contributed by atoms with van der Waals surface area (Å²) in [4.78, 5) is 14.8. The number of ether oxygens (including phenoxy) is 1. The molecular weight excluding hydrogens is 310 g/mol. The van der Waals surface area contributed by atoms with E-state index in [4.69, 9.17) is 4.74 Å². The number of piperidine rings is 1. The molecule has 1 unspecified atom stereocenters. The van der Waals surface area contributed by atoms with Gasteiger partial charge in [0.25, 0.3) is 0 Å². The molecule has 140 valence electrons. The molecule has 1 saturated heterocycles. The SMILES string of the molecule is CCCCCC(CCOCCC(=O)c1ccccc1)N1CCCCC1. The highest BCUT2D eigenvalue weighted by Gasteiger charge is 2.20. The van der Waals surface area contributed by atoms with Crippen molar-refractivity contribution in [3.63, 3.8) is 0 Å². The zero-order valence-electron chi connectivity index (χ0n) is 15.9. The molecule has 0 bridgehead atoms. The van der Waals surface area contributed by atoms with Crippen LogP contribution < -0.4 is 0 Å². The molecule has 1 heterocycles. The molecule has 3 nitrogen and oxygen atoms in total. The van der Waals surface area contributed by atoms with Gasteiger partial charge in [-0.3, -0.25) is 4.79 Å². The Bertz CT molecular complexity index is 468. The topological polar surface area (TPSA) is 29.5 Å². The summed E-state index contributed by atoms with van der Waals surface area (Å²) in [6, 6.07) is 10.2. The Balaban J connectivity index is 1.66. The highest BCUT2D eigenvalue weighted by Crippen LogP contribution is 2.19. The third-order valence-corrected chi connectivity index (χ3v) is 5.21. The van der Waals surface area contributed by atoms with Crippen LogP contribution in [0.2, 0.25) is 0 Å². The van der Waals surface area contributed by atoms with E-state index < -0.39 is 0 Å². The van der Waals surface area contributed by atoms with E-state index in [-0.39, 0.29) is 5.78 Å². The maximum atomic E-state index is 12.1. The molecule has 1 aliphatic heterocycles. The van der Waals surface area contributed by atoms with Crippen molar-refractivity contribution in [1.29, 1.82) is 0 Å². The first-order valence-electron chi connectivity index (χ1n) is 10.2. The molecule has 1 atom stereocenters. The number of benzene rings is 1. The second kappa shape index (κ2) is 12.2. The molecule has 0 aliphatic carbocycles. The van der Waals surface area contributed by atoms with E-state index in [2.05, 4.69) is 11.8 Å². The first-order valence-corrected chi connectivity index (χ1v) is 10.2. The van der Waals surface area contributed by atoms with Gasteiger partial charge < -0.3 is 9.64 Å². The summed E-state index contributed by atoms with van der Waals surface area (Å²) in [5.41, 5.74) is 0.789. The molecule has 0 N–H and O–H groups in total. The van der Waals surface area contributed by atoms with Gasteiger partial charge in [-0.25, -0.2) is 0 Å². The predicted molar refractivity (Wildman–Crippen MR) is 104 cm³/mol. The fraction of sp³-hybridized carbons (Fsp3) is 0.682. The molecule has 3 heteroatoms. The molecule has 1 aromatic carbocycles. The van der Waals surface area contributed by atoms with Crippen molar-refractivity contribution in [2.24, 2.45) is 0 Å². The number of carbonyl (C=O) groups is 1. The third kappa shape index (κ3) is 7.70. The Kier molecular flexibility index (Phi) is 9.83. The number of likely N-dealkylation sites (tertiary alicyclic amines) is 1. The number of hydrogen-bond acceptors (Lipinski definition) is 3. The number of Topliss-reactive ketones (excluding diaryl/α,β-unsaturated/α-hetero) is 1. The molecule has 0 aromatic heterocycles. The van der Waals surface area contributed by atoms with Gasteiger partial charge in [0, 0.05) is 24.6 Å². The number of nitrogens with zero attached hydrogens (tertiary/aromatic N) is 1. The van der Waals surface area contributed by atoms with Gasteiger partial charge in [0.1, 0.15) is 0 Å². The van der Waals surface area contributed by atoms with E-state index in [1.807, 2.05) is 30.3 Å².